The second-order valence-corrected chi connectivity index (χ2v) is 8.12. The second-order valence-electron chi connectivity index (χ2n) is 7.20. The molecule has 0 unspecified atom stereocenters. The van der Waals surface area contributed by atoms with E-state index in [1.54, 1.807) is 6.07 Å². The number of aryl methyl sites for hydroxylation is 2. The first-order valence-electron chi connectivity index (χ1n) is 9.78. The highest BCUT2D eigenvalue weighted by Crippen LogP contribution is 2.33. The van der Waals surface area contributed by atoms with Crippen molar-refractivity contribution in [3.05, 3.63) is 69.4 Å². The number of anilines is 1. The van der Waals surface area contributed by atoms with E-state index in [4.69, 9.17) is 14.2 Å². The van der Waals surface area contributed by atoms with E-state index in [9.17, 15) is 4.79 Å². The summed E-state index contributed by atoms with van der Waals surface area (Å²) in [6, 6.07) is 13.6. The van der Waals surface area contributed by atoms with Gasteiger partial charge in [0.1, 0.15) is 25.6 Å². The standard InChI is InChI=1S/C23H21NO4S/c25-23(24-18-5-7-20-21(12-18)27-9-8-26-20)22-10-15(14-29-22)13-28-19-6-4-16-2-1-3-17(16)11-19/h4-7,10-12,14H,1-3,8-9,13H2,(H,24,25). The summed E-state index contributed by atoms with van der Waals surface area (Å²) in [5.74, 6) is 2.11. The number of thiophene rings is 1. The molecule has 148 valence electrons. The van der Waals surface area contributed by atoms with Crippen molar-refractivity contribution in [1.29, 1.82) is 0 Å². The third-order valence-corrected chi connectivity index (χ3v) is 6.13. The van der Waals surface area contributed by atoms with Gasteiger partial charge >= 0.3 is 0 Å². The summed E-state index contributed by atoms with van der Waals surface area (Å²) in [6.07, 6.45) is 3.53. The minimum absolute atomic E-state index is 0.143. The maximum atomic E-state index is 12.6. The van der Waals surface area contributed by atoms with Gasteiger partial charge in [-0.1, -0.05) is 6.07 Å². The Bertz CT molecular complexity index is 1060. The van der Waals surface area contributed by atoms with Crippen LogP contribution < -0.4 is 19.5 Å². The highest BCUT2D eigenvalue weighted by atomic mass is 32.1. The van der Waals surface area contributed by atoms with Gasteiger partial charge in [0.25, 0.3) is 5.91 Å². The van der Waals surface area contributed by atoms with E-state index in [1.165, 1.54) is 35.3 Å². The summed E-state index contributed by atoms with van der Waals surface area (Å²) < 4.78 is 17.0. The van der Waals surface area contributed by atoms with Crippen LogP contribution in [0.2, 0.25) is 0 Å². The van der Waals surface area contributed by atoms with Gasteiger partial charge < -0.3 is 19.5 Å². The van der Waals surface area contributed by atoms with Gasteiger partial charge in [0.05, 0.1) is 4.88 Å². The summed E-state index contributed by atoms with van der Waals surface area (Å²) in [5, 5.41) is 4.88. The lowest BCUT2D eigenvalue weighted by Crippen LogP contribution is -2.16. The van der Waals surface area contributed by atoms with E-state index in [1.807, 2.05) is 29.6 Å². The molecule has 1 aliphatic carbocycles. The molecule has 2 heterocycles. The maximum Gasteiger partial charge on any atom is 0.265 e. The average Bonchev–Trinajstić information content (AvgIpc) is 3.41. The predicted molar refractivity (Wildman–Crippen MR) is 113 cm³/mol. The number of benzene rings is 2. The van der Waals surface area contributed by atoms with Crippen LogP contribution in [0, 0.1) is 0 Å². The van der Waals surface area contributed by atoms with Crippen LogP contribution in [-0.2, 0) is 19.4 Å². The molecular weight excluding hydrogens is 386 g/mol. The third kappa shape index (κ3) is 3.93. The monoisotopic (exact) mass is 407 g/mol. The van der Waals surface area contributed by atoms with Crippen molar-refractivity contribution in [3.8, 4) is 17.2 Å². The summed E-state index contributed by atoms with van der Waals surface area (Å²) in [4.78, 5) is 13.2. The Hall–Kier alpha value is -2.99. The molecule has 0 saturated carbocycles. The molecule has 0 fully saturated rings. The molecule has 1 aliphatic heterocycles. The van der Waals surface area contributed by atoms with Crippen LogP contribution in [0.5, 0.6) is 17.2 Å². The molecule has 0 spiro atoms. The SMILES string of the molecule is O=C(Nc1ccc2c(c1)OCCO2)c1cc(COc2ccc3c(c2)CCC3)cs1. The van der Waals surface area contributed by atoms with Crippen LogP contribution in [0.25, 0.3) is 0 Å². The molecule has 0 radical (unpaired) electrons. The third-order valence-electron chi connectivity index (χ3n) is 5.15. The fourth-order valence-electron chi connectivity index (χ4n) is 3.69. The van der Waals surface area contributed by atoms with Gasteiger partial charge in [-0.3, -0.25) is 4.79 Å². The summed E-state index contributed by atoms with van der Waals surface area (Å²) >= 11 is 1.41. The van der Waals surface area contributed by atoms with Crippen molar-refractivity contribution in [2.75, 3.05) is 18.5 Å². The molecule has 1 aromatic heterocycles. The Morgan fingerprint density at radius 1 is 1.00 bits per heavy atom. The minimum Gasteiger partial charge on any atom is -0.489 e. The van der Waals surface area contributed by atoms with Gasteiger partial charge in [-0.2, -0.15) is 0 Å². The first-order valence-corrected chi connectivity index (χ1v) is 10.7. The molecule has 29 heavy (non-hydrogen) atoms. The minimum atomic E-state index is -0.143. The molecule has 0 atom stereocenters. The van der Waals surface area contributed by atoms with E-state index in [2.05, 4.69) is 17.4 Å². The molecule has 1 N–H and O–H groups in total. The Morgan fingerprint density at radius 2 is 1.86 bits per heavy atom. The Morgan fingerprint density at radius 3 is 2.79 bits per heavy atom. The molecule has 2 aliphatic rings. The molecule has 5 nitrogen and oxygen atoms in total. The molecule has 3 aromatic rings. The fraction of sp³-hybridized carbons (Fsp3) is 0.261. The van der Waals surface area contributed by atoms with E-state index < -0.39 is 0 Å². The first kappa shape index (κ1) is 18.1. The quantitative estimate of drug-likeness (QED) is 0.658. The molecular formula is C23H21NO4S. The summed E-state index contributed by atoms with van der Waals surface area (Å²) in [7, 11) is 0. The van der Waals surface area contributed by atoms with Crippen LogP contribution in [0.1, 0.15) is 32.8 Å². The number of amides is 1. The Kier molecular flexibility index (Phi) is 4.86. The van der Waals surface area contributed by atoms with Crippen LogP contribution in [0.15, 0.2) is 47.8 Å². The van der Waals surface area contributed by atoms with Gasteiger partial charge in [-0.05, 0) is 66.1 Å². The van der Waals surface area contributed by atoms with Crippen molar-refractivity contribution in [1.82, 2.24) is 0 Å². The predicted octanol–water partition coefficient (Wildman–Crippen LogP) is 4.84. The van der Waals surface area contributed by atoms with Crippen LogP contribution in [0.3, 0.4) is 0 Å². The smallest absolute Gasteiger partial charge is 0.265 e. The van der Waals surface area contributed by atoms with Crippen molar-refractivity contribution in [2.45, 2.75) is 25.9 Å². The number of hydrogen-bond donors (Lipinski definition) is 1. The van der Waals surface area contributed by atoms with Crippen molar-refractivity contribution < 1.29 is 19.0 Å². The fourth-order valence-corrected chi connectivity index (χ4v) is 4.48. The topological polar surface area (TPSA) is 56.8 Å². The number of rotatable bonds is 5. The Labute approximate surface area is 173 Å². The first-order chi connectivity index (χ1) is 14.2. The number of nitrogens with one attached hydrogen (secondary N) is 1. The molecule has 1 amide bonds. The molecule has 0 saturated heterocycles. The van der Waals surface area contributed by atoms with Gasteiger partial charge in [0, 0.05) is 17.3 Å². The number of fused-ring (bicyclic) bond motifs is 2. The number of carbonyl (C=O) groups is 1. The lowest BCUT2D eigenvalue weighted by molar-refractivity contribution is 0.103. The maximum absolute atomic E-state index is 12.6. The molecule has 5 rings (SSSR count). The Balaban J connectivity index is 1.21. The van der Waals surface area contributed by atoms with Gasteiger partial charge in [-0.25, -0.2) is 0 Å². The zero-order chi connectivity index (χ0) is 19.6. The van der Waals surface area contributed by atoms with Crippen LogP contribution in [-0.4, -0.2) is 19.1 Å². The van der Waals surface area contributed by atoms with Crippen molar-refractivity contribution >= 4 is 22.9 Å². The van der Waals surface area contributed by atoms with Crippen molar-refractivity contribution in [2.24, 2.45) is 0 Å². The van der Waals surface area contributed by atoms with Crippen LogP contribution in [0.4, 0.5) is 5.69 Å². The van der Waals surface area contributed by atoms with Crippen molar-refractivity contribution in [3.63, 3.8) is 0 Å². The average molecular weight is 407 g/mol. The summed E-state index contributed by atoms with van der Waals surface area (Å²) in [6.45, 7) is 1.51. The van der Waals surface area contributed by atoms with Gasteiger partial charge in [0.2, 0.25) is 0 Å². The molecule has 0 bridgehead atoms. The van der Waals surface area contributed by atoms with E-state index in [0.717, 1.165) is 17.7 Å². The number of ether oxygens (including phenoxy) is 3. The molecule has 2 aromatic carbocycles. The largest absolute Gasteiger partial charge is 0.489 e. The highest BCUT2D eigenvalue weighted by molar-refractivity contribution is 7.12. The van der Waals surface area contributed by atoms with E-state index in [-0.39, 0.29) is 5.91 Å². The van der Waals surface area contributed by atoms with Crippen LogP contribution >= 0.6 is 11.3 Å². The second kappa shape index (κ2) is 7.79. The zero-order valence-electron chi connectivity index (χ0n) is 15.9. The highest BCUT2D eigenvalue weighted by Gasteiger charge is 2.15. The van der Waals surface area contributed by atoms with Gasteiger partial charge in [-0.15, -0.1) is 11.3 Å². The van der Waals surface area contributed by atoms with E-state index >= 15 is 0 Å². The number of hydrogen-bond acceptors (Lipinski definition) is 5. The van der Waals surface area contributed by atoms with Gasteiger partial charge in [0.15, 0.2) is 11.5 Å². The number of carbonyl (C=O) groups excluding carboxylic acids is 1. The summed E-state index contributed by atoms with van der Waals surface area (Å²) in [5.41, 5.74) is 4.50. The zero-order valence-corrected chi connectivity index (χ0v) is 16.7. The lowest BCUT2D eigenvalue weighted by atomic mass is 10.1. The van der Waals surface area contributed by atoms with E-state index in [0.29, 0.717) is 41.9 Å². The normalized spacial score (nSPS) is 14.3. The molecule has 6 heteroatoms. The lowest BCUT2D eigenvalue weighted by Gasteiger charge is -2.18.